The van der Waals surface area contributed by atoms with Crippen molar-refractivity contribution in [3.8, 4) is 0 Å². The van der Waals surface area contributed by atoms with Gasteiger partial charge in [-0.3, -0.25) is 4.79 Å². The molecule has 1 aliphatic carbocycles. The maximum atomic E-state index is 11.9. The Bertz CT molecular complexity index is 515. The van der Waals surface area contributed by atoms with Crippen LogP contribution in [0.1, 0.15) is 31.2 Å². The van der Waals surface area contributed by atoms with Crippen LogP contribution in [0.3, 0.4) is 0 Å². The first kappa shape index (κ1) is 16.1. The van der Waals surface area contributed by atoms with Crippen LogP contribution >= 0.6 is 0 Å². The third-order valence-electron chi connectivity index (χ3n) is 3.78. The van der Waals surface area contributed by atoms with Crippen molar-refractivity contribution < 1.29 is 19.1 Å². The number of alkyl carbamates (subject to hydrolysis) is 1. The third kappa shape index (κ3) is 4.62. The average molecular weight is 303 g/mol. The van der Waals surface area contributed by atoms with Crippen LogP contribution in [0.25, 0.3) is 0 Å². The topological polar surface area (TPSA) is 64.6 Å². The van der Waals surface area contributed by atoms with Crippen LogP contribution < -0.4 is 5.32 Å². The van der Waals surface area contributed by atoms with Crippen molar-refractivity contribution in [3.05, 3.63) is 48.7 Å². The summed E-state index contributed by atoms with van der Waals surface area (Å²) >= 11 is 0. The fourth-order valence-electron chi connectivity index (χ4n) is 2.67. The van der Waals surface area contributed by atoms with Crippen molar-refractivity contribution in [1.29, 1.82) is 0 Å². The number of amides is 1. The van der Waals surface area contributed by atoms with Gasteiger partial charge in [0.25, 0.3) is 0 Å². The Morgan fingerprint density at radius 2 is 1.95 bits per heavy atom. The molecule has 2 rings (SSSR count). The van der Waals surface area contributed by atoms with Crippen LogP contribution in [0.2, 0.25) is 0 Å². The number of rotatable bonds is 5. The summed E-state index contributed by atoms with van der Waals surface area (Å²) < 4.78 is 10.1. The number of ether oxygens (including phenoxy) is 2. The van der Waals surface area contributed by atoms with E-state index in [9.17, 15) is 9.59 Å². The van der Waals surface area contributed by atoms with E-state index in [1.807, 2.05) is 30.3 Å². The zero-order chi connectivity index (χ0) is 15.8. The molecule has 1 amide bonds. The highest BCUT2D eigenvalue weighted by molar-refractivity contribution is 5.75. The molecule has 0 radical (unpaired) electrons. The highest BCUT2D eigenvalue weighted by Crippen LogP contribution is 2.25. The maximum absolute atomic E-state index is 11.9. The zero-order valence-electron chi connectivity index (χ0n) is 12.5. The Morgan fingerprint density at radius 1 is 1.23 bits per heavy atom. The number of hydrogen-bond acceptors (Lipinski definition) is 4. The molecular weight excluding hydrogens is 282 g/mol. The SMILES string of the molecule is C=COC(=O)[C@@H]1CCCC[C@@H]1NC(=O)OCc1ccccc1. The molecule has 1 aromatic rings. The van der Waals surface area contributed by atoms with Crippen LogP contribution in [0.5, 0.6) is 0 Å². The smallest absolute Gasteiger partial charge is 0.407 e. The van der Waals surface area contributed by atoms with Gasteiger partial charge in [-0.1, -0.05) is 49.8 Å². The van der Waals surface area contributed by atoms with E-state index >= 15 is 0 Å². The fraction of sp³-hybridized carbons (Fsp3) is 0.412. The summed E-state index contributed by atoms with van der Waals surface area (Å²) in [7, 11) is 0. The molecule has 1 N–H and O–H groups in total. The standard InChI is InChI=1S/C17H21NO4/c1-2-21-16(19)14-10-6-7-11-15(14)18-17(20)22-12-13-8-4-3-5-9-13/h2-5,8-9,14-15H,1,6-7,10-12H2,(H,18,20)/t14-,15+/m1/s1. The van der Waals surface area contributed by atoms with E-state index in [0.717, 1.165) is 31.1 Å². The van der Waals surface area contributed by atoms with Crippen LogP contribution in [0, 0.1) is 5.92 Å². The molecule has 22 heavy (non-hydrogen) atoms. The van der Waals surface area contributed by atoms with Gasteiger partial charge in [0.15, 0.2) is 0 Å². The quantitative estimate of drug-likeness (QED) is 0.670. The van der Waals surface area contributed by atoms with Crippen LogP contribution in [0.4, 0.5) is 4.79 Å². The molecule has 0 aliphatic heterocycles. The van der Waals surface area contributed by atoms with Crippen molar-refractivity contribution >= 4 is 12.1 Å². The molecular formula is C17H21NO4. The molecule has 118 valence electrons. The predicted octanol–water partition coefficient (Wildman–Crippen LogP) is 3.16. The van der Waals surface area contributed by atoms with Gasteiger partial charge in [-0.15, -0.1) is 0 Å². The molecule has 0 unspecified atom stereocenters. The van der Waals surface area contributed by atoms with E-state index in [1.54, 1.807) is 0 Å². The minimum absolute atomic E-state index is 0.209. The first-order valence-corrected chi connectivity index (χ1v) is 7.49. The first-order chi connectivity index (χ1) is 10.7. The van der Waals surface area contributed by atoms with E-state index in [2.05, 4.69) is 11.9 Å². The molecule has 0 aromatic heterocycles. The first-order valence-electron chi connectivity index (χ1n) is 7.49. The van der Waals surface area contributed by atoms with E-state index in [0.29, 0.717) is 6.42 Å². The molecule has 5 nitrogen and oxygen atoms in total. The van der Waals surface area contributed by atoms with Gasteiger partial charge in [0.2, 0.25) is 0 Å². The van der Waals surface area contributed by atoms with Gasteiger partial charge in [-0.2, -0.15) is 0 Å². The lowest BCUT2D eigenvalue weighted by Gasteiger charge is -2.29. The zero-order valence-corrected chi connectivity index (χ0v) is 12.5. The summed E-state index contributed by atoms with van der Waals surface area (Å²) in [5.74, 6) is -0.681. The summed E-state index contributed by atoms with van der Waals surface area (Å²) in [5.41, 5.74) is 0.920. The van der Waals surface area contributed by atoms with Gasteiger partial charge in [-0.25, -0.2) is 4.79 Å². The Kier molecular flexibility index (Phi) is 6.01. The number of esters is 1. The molecule has 1 saturated carbocycles. The van der Waals surface area contributed by atoms with Crippen LogP contribution in [-0.2, 0) is 20.9 Å². The second-order valence-electron chi connectivity index (χ2n) is 5.31. The molecule has 5 heteroatoms. The average Bonchev–Trinajstić information content (AvgIpc) is 2.54. The highest BCUT2D eigenvalue weighted by Gasteiger charge is 2.33. The van der Waals surface area contributed by atoms with Gasteiger partial charge in [0.1, 0.15) is 6.61 Å². The van der Waals surface area contributed by atoms with E-state index < -0.39 is 6.09 Å². The van der Waals surface area contributed by atoms with Gasteiger partial charge in [0.05, 0.1) is 12.2 Å². The third-order valence-corrected chi connectivity index (χ3v) is 3.78. The number of nitrogens with one attached hydrogen (secondary N) is 1. The Morgan fingerprint density at radius 3 is 2.68 bits per heavy atom. The van der Waals surface area contributed by atoms with Crippen molar-refractivity contribution in [1.82, 2.24) is 5.32 Å². The molecule has 2 atom stereocenters. The van der Waals surface area contributed by atoms with Gasteiger partial charge in [0, 0.05) is 6.04 Å². The number of carbonyl (C=O) groups excluding carboxylic acids is 2. The Labute approximate surface area is 130 Å². The molecule has 0 spiro atoms. The van der Waals surface area contributed by atoms with Crippen molar-refractivity contribution in [2.24, 2.45) is 5.92 Å². The molecule has 0 bridgehead atoms. The van der Waals surface area contributed by atoms with E-state index in [1.165, 1.54) is 0 Å². The predicted molar refractivity (Wildman–Crippen MR) is 81.8 cm³/mol. The van der Waals surface area contributed by atoms with Crippen molar-refractivity contribution in [3.63, 3.8) is 0 Å². The molecule has 0 saturated heterocycles. The highest BCUT2D eigenvalue weighted by atomic mass is 16.5. The van der Waals surface area contributed by atoms with Gasteiger partial charge in [-0.05, 0) is 18.4 Å². The summed E-state index contributed by atoms with van der Waals surface area (Å²) in [4.78, 5) is 23.8. The minimum atomic E-state index is -0.507. The van der Waals surface area contributed by atoms with Crippen molar-refractivity contribution in [2.45, 2.75) is 38.3 Å². The summed E-state index contributed by atoms with van der Waals surface area (Å²) in [6.07, 6.45) is 4.00. The second-order valence-corrected chi connectivity index (χ2v) is 5.31. The maximum Gasteiger partial charge on any atom is 0.407 e. The summed E-state index contributed by atoms with van der Waals surface area (Å²) in [5, 5.41) is 2.78. The minimum Gasteiger partial charge on any atom is -0.445 e. The van der Waals surface area contributed by atoms with E-state index in [-0.39, 0.29) is 24.5 Å². The summed E-state index contributed by atoms with van der Waals surface area (Å²) in [6.45, 7) is 3.60. The van der Waals surface area contributed by atoms with Gasteiger partial charge >= 0.3 is 12.1 Å². The lowest BCUT2D eigenvalue weighted by Crippen LogP contribution is -2.45. The van der Waals surface area contributed by atoms with Crippen LogP contribution in [-0.4, -0.2) is 18.1 Å². The van der Waals surface area contributed by atoms with E-state index in [4.69, 9.17) is 9.47 Å². The van der Waals surface area contributed by atoms with Crippen LogP contribution in [0.15, 0.2) is 43.2 Å². The number of benzene rings is 1. The largest absolute Gasteiger partial charge is 0.445 e. The lowest BCUT2D eigenvalue weighted by molar-refractivity contribution is -0.144. The fourth-order valence-corrected chi connectivity index (χ4v) is 2.67. The molecule has 0 heterocycles. The molecule has 1 fully saturated rings. The molecule has 1 aliphatic rings. The number of carbonyl (C=O) groups is 2. The molecule has 1 aromatic carbocycles. The summed E-state index contributed by atoms with van der Waals surface area (Å²) in [6, 6.07) is 9.21. The van der Waals surface area contributed by atoms with Crippen molar-refractivity contribution in [2.75, 3.05) is 0 Å². The second kappa shape index (κ2) is 8.22. The Hall–Kier alpha value is -2.30. The lowest BCUT2D eigenvalue weighted by atomic mass is 9.84. The Balaban J connectivity index is 1.85. The normalized spacial score (nSPS) is 20.7. The monoisotopic (exact) mass is 303 g/mol. The number of hydrogen-bond donors (Lipinski definition) is 1. The van der Waals surface area contributed by atoms with Gasteiger partial charge < -0.3 is 14.8 Å².